The molecule has 2 N–H and O–H groups in total. The fourth-order valence-corrected chi connectivity index (χ4v) is 4.79. The van der Waals surface area contributed by atoms with Gasteiger partial charge in [-0.1, -0.05) is 44.2 Å². The Bertz CT molecular complexity index is 720. The first-order valence-electron chi connectivity index (χ1n) is 10.8. The monoisotopic (exact) mass is 386 g/mol. The predicted octanol–water partition coefficient (Wildman–Crippen LogP) is -0.467. The third kappa shape index (κ3) is 4.59. The highest BCUT2D eigenvalue weighted by Crippen LogP contribution is 2.19. The fourth-order valence-electron chi connectivity index (χ4n) is 4.79. The first-order chi connectivity index (χ1) is 13.7. The van der Waals surface area contributed by atoms with Crippen LogP contribution in [0.15, 0.2) is 30.3 Å². The summed E-state index contributed by atoms with van der Waals surface area (Å²) >= 11 is 0. The zero-order chi connectivity index (χ0) is 19.3. The standard InChI is InChI=1S/C21H32N6O/c1-17(2)20(21-22-23-24-27(21)16-19-9-6-14-28-19)26-12-10-25(11-13-26)15-18-7-4-3-5-8-18/h3-5,7-8,17,19-20H,6,9-16H2,1-2H3/p+2/t19-,20-/m1/s1. The minimum atomic E-state index is 0.261. The fraction of sp³-hybridized carbons (Fsp3) is 0.667. The highest BCUT2D eigenvalue weighted by molar-refractivity contribution is 5.13. The SMILES string of the molecule is CC(C)[C@H](c1nnnn1C[C@H]1CCCO1)[NH+]1CC[NH+](Cc2ccccc2)CC1. The lowest BCUT2D eigenvalue weighted by Crippen LogP contribution is -3.27. The van der Waals surface area contributed by atoms with E-state index in [1.807, 2.05) is 4.68 Å². The van der Waals surface area contributed by atoms with Crippen molar-refractivity contribution in [1.29, 1.82) is 0 Å². The van der Waals surface area contributed by atoms with Crippen LogP contribution in [0.1, 0.15) is 44.1 Å². The van der Waals surface area contributed by atoms with E-state index in [1.54, 1.807) is 9.80 Å². The number of benzene rings is 1. The molecule has 7 nitrogen and oxygen atoms in total. The van der Waals surface area contributed by atoms with Crippen LogP contribution in [-0.4, -0.2) is 59.1 Å². The smallest absolute Gasteiger partial charge is 0.209 e. The maximum atomic E-state index is 5.81. The van der Waals surface area contributed by atoms with E-state index in [2.05, 4.69) is 59.7 Å². The number of nitrogens with zero attached hydrogens (tertiary/aromatic N) is 4. The number of nitrogens with one attached hydrogen (secondary N) is 2. The molecule has 2 aromatic rings. The number of tetrazole rings is 1. The van der Waals surface area contributed by atoms with Crippen LogP contribution >= 0.6 is 0 Å². The van der Waals surface area contributed by atoms with Gasteiger partial charge in [-0.15, -0.1) is 5.10 Å². The van der Waals surface area contributed by atoms with Crippen molar-refractivity contribution in [3.8, 4) is 0 Å². The maximum absolute atomic E-state index is 5.81. The molecule has 7 heteroatoms. The summed E-state index contributed by atoms with van der Waals surface area (Å²) in [5, 5.41) is 12.8. The molecule has 2 saturated heterocycles. The van der Waals surface area contributed by atoms with Crippen LogP contribution in [0.5, 0.6) is 0 Å². The summed E-state index contributed by atoms with van der Waals surface area (Å²) in [6, 6.07) is 11.2. The lowest BCUT2D eigenvalue weighted by Gasteiger charge is -2.35. The number of rotatable bonds is 7. The Hall–Kier alpha value is -1.83. The Labute approximate surface area is 167 Å². The summed E-state index contributed by atoms with van der Waals surface area (Å²) in [5.41, 5.74) is 1.43. The number of aromatic nitrogens is 4. The third-order valence-electron chi connectivity index (χ3n) is 6.24. The normalized spacial score (nSPS) is 26.6. The summed E-state index contributed by atoms with van der Waals surface area (Å²) in [4.78, 5) is 3.30. The van der Waals surface area contributed by atoms with Crippen LogP contribution < -0.4 is 9.80 Å². The van der Waals surface area contributed by atoms with Gasteiger partial charge in [-0.25, -0.2) is 4.68 Å². The lowest BCUT2D eigenvalue weighted by atomic mass is 10.0. The minimum Gasteiger partial charge on any atom is -0.376 e. The zero-order valence-corrected chi connectivity index (χ0v) is 17.2. The van der Waals surface area contributed by atoms with Crippen molar-refractivity contribution < 1.29 is 14.5 Å². The first-order valence-corrected chi connectivity index (χ1v) is 10.8. The van der Waals surface area contributed by atoms with Crippen molar-refractivity contribution >= 4 is 0 Å². The van der Waals surface area contributed by atoms with Gasteiger partial charge in [0.25, 0.3) is 0 Å². The average Bonchev–Trinajstić information content (AvgIpc) is 3.37. The quantitative estimate of drug-likeness (QED) is 0.676. The van der Waals surface area contributed by atoms with Crippen LogP contribution in [0.2, 0.25) is 0 Å². The van der Waals surface area contributed by atoms with Gasteiger partial charge in [0, 0.05) is 18.1 Å². The molecule has 0 spiro atoms. The molecule has 0 bridgehead atoms. The van der Waals surface area contributed by atoms with Crippen molar-refractivity contribution in [2.75, 3.05) is 32.8 Å². The van der Waals surface area contributed by atoms with Gasteiger partial charge in [0.1, 0.15) is 32.7 Å². The molecule has 4 rings (SSSR count). The second-order valence-electron chi connectivity index (χ2n) is 8.65. The van der Waals surface area contributed by atoms with Gasteiger partial charge < -0.3 is 14.5 Å². The van der Waals surface area contributed by atoms with Gasteiger partial charge in [-0.05, 0) is 23.3 Å². The van der Waals surface area contributed by atoms with Gasteiger partial charge >= 0.3 is 0 Å². The van der Waals surface area contributed by atoms with Crippen LogP contribution in [0, 0.1) is 5.92 Å². The van der Waals surface area contributed by atoms with E-state index in [-0.39, 0.29) is 6.10 Å². The Morgan fingerprint density at radius 1 is 1.14 bits per heavy atom. The second-order valence-corrected chi connectivity index (χ2v) is 8.65. The number of hydrogen-bond donors (Lipinski definition) is 2. The number of hydrogen-bond acceptors (Lipinski definition) is 4. The molecule has 0 amide bonds. The molecule has 2 aliphatic rings. The third-order valence-corrected chi connectivity index (χ3v) is 6.24. The van der Waals surface area contributed by atoms with Gasteiger partial charge in [0.05, 0.1) is 12.6 Å². The molecule has 0 radical (unpaired) electrons. The van der Waals surface area contributed by atoms with E-state index in [0.717, 1.165) is 51.5 Å². The van der Waals surface area contributed by atoms with E-state index < -0.39 is 0 Å². The van der Waals surface area contributed by atoms with Crippen LogP contribution in [0.3, 0.4) is 0 Å². The van der Waals surface area contributed by atoms with E-state index in [1.165, 1.54) is 18.7 Å². The Kier molecular flexibility index (Phi) is 6.34. The molecule has 3 heterocycles. The Morgan fingerprint density at radius 3 is 2.61 bits per heavy atom. The summed E-state index contributed by atoms with van der Waals surface area (Å²) in [5.74, 6) is 1.53. The van der Waals surface area contributed by atoms with Gasteiger partial charge in [-0.3, -0.25) is 0 Å². The Morgan fingerprint density at radius 2 is 1.93 bits per heavy atom. The lowest BCUT2D eigenvalue weighted by molar-refractivity contribution is -1.03. The molecule has 0 aliphatic carbocycles. The van der Waals surface area contributed by atoms with Crippen molar-refractivity contribution in [3.63, 3.8) is 0 Å². The molecular formula is C21H34N6O+2. The van der Waals surface area contributed by atoms with Gasteiger partial charge in [0.15, 0.2) is 6.04 Å². The molecule has 28 heavy (non-hydrogen) atoms. The molecule has 1 aromatic heterocycles. The van der Waals surface area contributed by atoms with Crippen molar-refractivity contribution in [3.05, 3.63) is 41.7 Å². The summed E-state index contributed by atoms with van der Waals surface area (Å²) in [6.07, 6.45) is 2.52. The van der Waals surface area contributed by atoms with Crippen molar-refractivity contribution in [2.45, 2.75) is 51.9 Å². The van der Waals surface area contributed by atoms with E-state index >= 15 is 0 Å². The van der Waals surface area contributed by atoms with E-state index in [0.29, 0.717) is 12.0 Å². The van der Waals surface area contributed by atoms with Crippen molar-refractivity contribution in [1.82, 2.24) is 20.2 Å². The van der Waals surface area contributed by atoms with Crippen LogP contribution in [0.4, 0.5) is 0 Å². The Balaban J connectivity index is 1.40. The van der Waals surface area contributed by atoms with Crippen molar-refractivity contribution in [2.24, 2.45) is 5.92 Å². The highest BCUT2D eigenvalue weighted by Gasteiger charge is 2.36. The molecule has 2 atom stereocenters. The maximum Gasteiger partial charge on any atom is 0.209 e. The number of quaternary nitrogens is 2. The summed E-state index contributed by atoms with van der Waals surface area (Å²) in [7, 11) is 0. The summed E-state index contributed by atoms with van der Waals surface area (Å²) < 4.78 is 7.82. The largest absolute Gasteiger partial charge is 0.376 e. The number of piperazine rings is 1. The predicted molar refractivity (Wildman–Crippen MR) is 106 cm³/mol. The van der Waals surface area contributed by atoms with E-state index in [4.69, 9.17) is 4.74 Å². The van der Waals surface area contributed by atoms with Gasteiger partial charge in [0.2, 0.25) is 5.82 Å². The molecule has 0 saturated carbocycles. The summed E-state index contributed by atoms with van der Waals surface area (Å²) in [6.45, 7) is 12.1. The highest BCUT2D eigenvalue weighted by atomic mass is 16.5. The van der Waals surface area contributed by atoms with E-state index in [9.17, 15) is 0 Å². The zero-order valence-electron chi connectivity index (χ0n) is 17.2. The second kappa shape index (κ2) is 9.11. The molecular weight excluding hydrogens is 352 g/mol. The minimum absolute atomic E-state index is 0.261. The van der Waals surface area contributed by atoms with Crippen LogP contribution in [-0.2, 0) is 17.8 Å². The average molecular weight is 387 g/mol. The molecule has 0 unspecified atom stereocenters. The molecule has 2 fully saturated rings. The van der Waals surface area contributed by atoms with Crippen LogP contribution in [0.25, 0.3) is 0 Å². The first kappa shape index (κ1) is 19.5. The molecule has 152 valence electrons. The van der Waals surface area contributed by atoms with Gasteiger partial charge in [-0.2, -0.15) is 0 Å². The molecule has 1 aromatic carbocycles. The number of ether oxygens (including phenoxy) is 1. The topological polar surface area (TPSA) is 61.7 Å². The molecule has 2 aliphatic heterocycles.